The fourth-order valence-corrected chi connectivity index (χ4v) is 5.96. The highest BCUT2D eigenvalue weighted by molar-refractivity contribution is 7.91. The molecule has 0 bridgehead atoms. The Morgan fingerprint density at radius 1 is 1.27 bits per heavy atom. The summed E-state index contributed by atoms with van der Waals surface area (Å²) in [6, 6.07) is 7.95. The topological polar surface area (TPSA) is 104 Å². The Hall–Kier alpha value is -2.42. The Labute approximate surface area is 177 Å². The summed E-state index contributed by atoms with van der Waals surface area (Å²) in [6.07, 6.45) is 0.729. The van der Waals surface area contributed by atoms with Gasteiger partial charge in [0.05, 0.1) is 11.5 Å². The van der Waals surface area contributed by atoms with Gasteiger partial charge in [-0.2, -0.15) is 0 Å². The lowest BCUT2D eigenvalue weighted by Crippen LogP contribution is -2.49. The first-order valence-corrected chi connectivity index (χ1v) is 12.1. The number of carbonyl (C=O) groups is 3. The minimum absolute atomic E-state index is 0.0512. The van der Waals surface area contributed by atoms with Crippen molar-refractivity contribution in [3.8, 4) is 0 Å². The van der Waals surface area contributed by atoms with Gasteiger partial charge < -0.3 is 10.2 Å². The van der Waals surface area contributed by atoms with Crippen LogP contribution in [0, 0.1) is 5.92 Å². The van der Waals surface area contributed by atoms with Crippen LogP contribution in [0.2, 0.25) is 0 Å². The molecule has 0 spiro atoms. The van der Waals surface area contributed by atoms with Gasteiger partial charge in [-0.05, 0) is 24.3 Å². The zero-order valence-electron chi connectivity index (χ0n) is 17.6. The van der Waals surface area contributed by atoms with Crippen molar-refractivity contribution in [1.29, 1.82) is 0 Å². The largest absolute Gasteiger partial charge is 0.337 e. The second-order valence-electron chi connectivity index (χ2n) is 8.44. The quantitative estimate of drug-likeness (QED) is 0.654. The maximum absolute atomic E-state index is 13.3. The highest BCUT2D eigenvalue weighted by Gasteiger charge is 2.52. The van der Waals surface area contributed by atoms with Crippen molar-refractivity contribution in [2.75, 3.05) is 24.6 Å². The van der Waals surface area contributed by atoms with Gasteiger partial charge in [-0.25, -0.2) is 13.2 Å². The van der Waals surface area contributed by atoms with Gasteiger partial charge in [0.2, 0.25) is 5.91 Å². The second-order valence-corrected chi connectivity index (χ2v) is 10.7. The number of nitrogens with one attached hydrogen (secondary N) is 1. The van der Waals surface area contributed by atoms with Crippen LogP contribution in [0.25, 0.3) is 0 Å². The van der Waals surface area contributed by atoms with Gasteiger partial charge in [0.1, 0.15) is 12.1 Å². The van der Waals surface area contributed by atoms with E-state index >= 15 is 0 Å². The van der Waals surface area contributed by atoms with E-state index in [9.17, 15) is 22.8 Å². The molecule has 30 heavy (non-hydrogen) atoms. The first-order chi connectivity index (χ1) is 14.1. The molecule has 1 aromatic carbocycles. The molecular weight excluding hydrogens is 406 g/mol. The molecule has 0 radical (unpaired) electrons. The molecule has 2 aliphatic heterocycles. The highest BCUT2D eigenvalue weighted by Crippen LogP contribution is 2.32. The van der Waals surface area contributed by atoms with Crippen LogP contribution < -0.4 is 5.32 Å². The van der Waals surface area contributed by atoms with Crippen molar-refractivity contribution >= 4 is 27.7 Å². The molecule has 8 nitrogen and oxygen atoms in total. The van der Waals surface area contributed by atoms with Gasteiger partial charge in [0.25, 0.3) is 5.91 Å². The monoisotopic (exact) mass is 435 g/mol. The summed E-state index contributed by atoms with van der Waals surface area (Å²) >= 11 is 0. The number of hydrogen-bond donors (Lipinski definition) is 1. The third kappa shape index (κ3) is 4.21. The van der Waals surface area contributed by atoms with Gasteiger partial charge in [-0.1, -0.05) is 51.1 Å². The molecular formula is C21H29N3O5S. The molecule has 2 heterocycles. The Morgan fingerprint density at radius 2 is 1.93 bits per heavy atom. The lowest BCUT2D eigenvalue weighted by Gasteiger charge is -2.31. The molecule has 9 heteroatoms. The number of carbonyl (C=O) groups excluding carboxylic acids is 3. The average Bonchev–Trinajstić information content (AvgIpc) is 3.18. The molecule has 164 valence electrons. The molecule has 0 unspecified atom stereocenters. The van der Waals surface area contributed by atoms with Crippen LogP contribution in [0.1, 0.15) is 39.2 Å². The summed E-state index contributed by atoms with van der Waals surface area (Å²) in [5.41, 5.74) is -0.528. The fraction of sp³-hybridized carbons (Fsp3) is 0.571. The number of hydrogen-bond acceptors (Lipinski definition) is 5. The molecule has 0 aromatic heterocycles. The normalized spacial score (nSPS) is 25.6. The van der Waals surface area contributed by atoms with E-state index in [-0.39, 0.29) is 17.4 Å². The van der Waals surface area contributed by atoms with E-state index in [4.69, 9.17) is 0 Å². The predicted molar refractivity (Wildman–Crippen MR) is 112 cm³/mol. The van der Waals surface area contributed by atoms with E-state index in [2.05, 4.69) is 5.32 Å². The van der Waals surface area contributed by atoms with Crippen molar-refractivity contribution < 1.29 is 22.8 Å². The SMILES string of the molecule is CC[C@@]1(c2ccccc2)NC(=O)N(CC(=O)N(CC(C)C)[C@@H]2CCS(=O)(=O)C2)C1=O. The third-order valence-corrected chi connectivity index (χ3v) is 7.55. The van der Waals surface area contributed by atoms with Gasteiger partial charge >= 0.3 is 6.03 Å². The zero-order chi connectivity index (χ0) is 22.1. The molecule has 4 amide bonds. The number of rotatable bonds is 7. The van der Waals surface area contributed by atoms with Crippen LogP contribution in [0.3, 0.4) is 0 Å². The van der Waals surface area contributed by atoms with Crippen LogP contribution in [0.15, 0.2) is 30.3 Å². The summed E-state index contributed by atoms with van der Waals surface area (Å²) in [5, 5.41) is 2.77. The zero-order valence-corrected chi connectivity index (χ0v) is 18.4. The smallest absolute Gasteiger partial charge is 0.325 e. The van der Waals surface area contributed by atoms with Crippen LogP contribution in [0.5, 0.6) is 0 Å². The van der Waals surface area contributed by atoms with Gasteiger partial charge in [-0.3, -0.25) is 14.5 Å². The van der Waals surface area contributed by atoms with Crippen LogP contribution in [-0.4, -0.2) is 66.7 Å². The second kappa shape index (κ2) is 8.37. The first-order valence-electron chi connectivity index (χ1n) is 10.3. The summed E-state index contributed by atoms with van der Waals surface area (Å²) in [6.45, 7) is 5.66. The van der Waals surface area contributed by atoms with Crippen LogP contribution >= 0.6 is 0 Å². The lowest BCUT2D eigenvalue weighted by molar-refractivity contribution is -0.140. The number of urea groups is 1. The predicted octanol–water partition coefficient (Wildman–Crippen LogP) is 1.52. The minimum Gasteiger partial charge on any atom is -0.337 e. The Kier molecular flexibility index (Phi) is 6.21. The van der Waals surface area contributed by atoms with E-state index in [1.807, 2.05) is 26.8 Å². The lowest BCUT2D eigenvalue weighted by atomic mass is 9.87. The number of amides is 4. The molecule has 2 atom stereocenters. The number of sulfone groups is 1. The van der Waals surface area contributed by atoms with Crippen molar-refractivity contribution in [3.05, 3.63) is 35.9 Å². The standard InChI is InChI=1S/C21H29N3O5S/c1-4-21(16-8-6-5-7-9-16)19(26)24(20(27)22-21)13-18(25)23(12-15(2)3)17-10-11-30(28,29)14-17/h5-9,15,17H,4,10-14H2,1-3H3,(H,22,27)/t17-,21+/m1/s1. The Balaban J connectivity index is 1.82. The number of nitrogens with zero attached hydrogens (tertiary/aromatic N) is 2. The first kappa shape index (κ1) is 22.3. The van der Waals surface area contributed by atoms with Crippen LogP contribution in [-0.2, 0) is 25.0 Å². The van der Waals surface area contributed by atoms with Crippen molar-refractivity contribution in [2.24, 2.45) is 5.92 Å². The molecule has 1 N–H and O–H groups in total. The molecule has 3 rings (SSSR count). The number of benzene rings is 1. The molecule has 2 aliphatic rings. The average molecular weight is 436 g/mol. The summed E-state index contributed by atoms with van der Waals surface area (Å²) in [5.74, 6) is -0.767. The molecule has 0 aliphatic carbocycles. The Bertz CT molecular complexity index is 931. The highest BCUT2D eigenvalue weighted by atomic mass is 32.2. The fourth-order valence-electron chi connectivity index (χ4n) is 4.23. The van der Waals surface area contributed by atoms with E-state index in [1.54, 1.807) is 24.3 Å². The van der Waals surface area contributed by atoms with E-state index in [0.29, 0.717) is 24.9 Å². The van der Waals surface area contributed by atoms with Crippen molar-refractivity contribution in [2.45, 2.75) is 45.2 Å². The van der Waals surface area contributed by atoms with E-state index < -0.39 is 45.8 Å². The third-order valence-electron chi connectivity index (χ3n) is 5.80. The van der Waals surface area contributed by atoms with Crippen molar-refractivity contribution in [3.63, 3.8) is 0 Å². The summed E-state index contributed by atoms with van der Waals surface area (Å²) in [4.78, 5) is 41.5. The molecule has 0 saturated carbocycles. The van der Waals surface area contributed by atoms with E-state index in [0.717, 1.165) is 4.90 Å². The van der Waals surface area contributed by atoms with E-state index in [1.165, 1.54) is 4.90 Å². The maximum Gasteiger partial charge on any atom is 0.325 e. The summed E-state index contributed by atoms with van der Waals surface area (Å²) < 4.78 is 23.8. The minimum atomic E-state index is -3.17. The summed E-state index contributed by atoms with van der Waals surface area (Å²) in [7, 11) is -3.17. The van der Waals surface area contributed by atoms with Gasteiger partial charge in [0, 0.05) is 12.6 Å². The molecule has 2 saturated heterocycles. The maximum atomic E-state index is 13.3. The molecule has 1 aromatic rings. The molecule has 2 fully saturated rings. The number of imide groups is 1. The Morgan fingerprint density at radius 3 is 2.47 bits per heavy atom. The van der Waals surface area contributed by atoms with Crippen molar-refractivity contribution in [1.82, 2.24) is 15.1 Å². The van der Waals surface area contributed by atoms with Crippen LogP contribution in [0.4, 0.5) is 4.79 Å². The van der Waals surface area contributed by atoms with Gasteiger partial charge in [0.15, 0.2) is 9.84 Å². The van der Waals surface area contributed by atoms with Gasteiger partial charge in [-0.15, -0.1) is 0 Å².